The van der Waals surface area contributed by atoms with Crippen molar-refractivity contribution in [2.75, 3.05) is 4.90 Å². The lowest BCUT2D eigenvalue weighted by atomic mass is 9.70. The first-order valence-electron chi connectivity index (χ1n) is 20.8. The van der Waals surface area contributed by atoms with E-state index in [0.717, 1.165) is 11.4 Å². The standard InChI is InChI=1S/C58H41N/c1-57(2)48-24-11-6-20-43(48)46-36-33-40(37-53(46)57)42-19-10-15-29-54(42)59(41-34-31-39(32-35-41)38-17-4-3-5-18-38)55-30-16-28-52-56(55)47-23-9-14-27-51(47)58(52)49-25-12-7-21-44(49)45-22-8-13-26-50(45)58/h3-37H,1-2H3. The summed E-state index contributed by atoms with van der Waals surface area (Å²) in [5, 5.41) is 0. The van der Waals surface area contributed by atoms with Gasteiger partial charge in [0, 0.05) is 22.2 Å². The van der Waals surface area contributed by atoms with E-state index in [-0.39, 0.29) is 5.41 Å². The number of para-hydroxylation sites is 1. The maximum Gasteiger partial charge on any atom is 0.0726 e. The molecule has 9 aromatic rings. The van der Waals surface area contributed by atoms with E-state index in [1.54, 1.807) is 0 Å². The summed E-state index contributed by atoms with van der Waals surface area (Å²) >= 11 is 0. The molecular formula is C58H41N. The topological polar surface area (TPSA) is 3.24 Å². The van der Waals surface area contributed by atoms with Gasteiger partial charge in [0.2, 0.25) is 0 Å². The second-order valence-corrected chi connectivity index (χ2v) is 16.8. The number of hydrogen-bond acceptors (Lipinski definition) is 1. The quantitative estimate of drug-likeness (QED) is 0.169. The van der Waals surface area contributed by atoms with Gasteiger partial charge >= 0.3 is 0 Å². The maximum atomic E-state index is 2.53. The van der Waals surface area contributed by atoms with Crippen LogP contribution in [0.15, 0.2) is 212 Å². The number of hydrogen-bond donors (Lipinski definition) is 0. The zero-order valence-corrected chi connectivity index (χ0v) is 33.2. The lowest BCUT2D eigenvalue weighted by molar-refractivity contribution is 0.660. The lowest BCUT2D eigenvalue weighted by Crippen LogP contribution is -2.26. The summed E-state index contributed by atoms with van der Waals surface area (Å²) in [7, 11) is 0. The molecule has 0 bridgehead atoms. The van der Waals surface area contributed by atoms with Gasteiger partial charge in [-0.3, -0.25) is 0 Å². The molecule has 0 aromatic heterocycles. The Morgan fingerprint density at radius 3 is 1.44 bits per heavy atom. The average molecular weight is 752 g/mol. The third kappa shape index (κ3) is 4.67. The van der Waals surface area contributed by atoms with Gasteiger partial charge in [0.15, 0.2) is 0 Å². The smallest absolute Gasteiger partial charge is 0.0726 e. The summed E-state index contributed by atoms with van der Waals surface area (Å²) < 4.78 is 0. The van der Waals surface area contributed by atoms with Crippen molar-refractivity contribution in [3.63, 3.8) is 0 Å². The fraction of sp³-hybridized carbons (Fsp3) is 0.0690. The molecule has 0 unspecified atom stereocenters. The van der Waals surface area contributed by atoms with Crippen molar-refractivity contribution in [1.82, 2.24) is 0 Å². The van der Waals surface area contributed by atoms with Crippen molar-refractivity contribution in [2.24, 2.45) is 0 Å². The Hall–Kier alpha value is -7.22. The molecule has 0 atom stereocenters. The Morgan fingerprint density at radius 1 is 0.305 bits per heavy atom. The predicted octanol–water partition coefficient (Wildman–Crippen LogP) is 15.1. The van der Waals surface area contributed by atoms with Crippen LogP contribution in [0.1, 0.15) is 47.2 Å². The van der Waals surface area contributed by atoms with Gasteiger partial charge in [0.25, 0.3) is 0 Å². The lowest BCUT2D eigenvalue weighted by Gasteiger charge is -2.32. The van der Waals surface area contributed by atoms with E-state index >= 15 is 0 Å². The van der Waals surface area contributed by atoms with Crippen molar-refractivity contribution in [3.05, 3.63) is 246 Å². The van der Waals surface area contributed by atoms with Crippen LogP contribution in [0.25, 0.3) is 55.6 Å². The molecule has 0 fully saturated rings. The van der Waals surface area contributed by atoms with E-state index in [9.17, 15) is 0 Å². The molecule has 278 valence electrons. The second kappa shape index (κ2) is 12.6. The van der Waals surface area contributed by atoms with Gasteiger partial charge < -0.3 is 4.90 Å². The molecule has 12 rings (SSSR count). The van der Waals surface area contributed by atoms with E-state index in [1.165, 1.54) is 94.7 Å². The highest BCUT2D eigenvalue weighted by Gasteiger charge is 2.52. The highest BCUT2D eigenvalue weighted by Crippen LogP contribution is 2.65. The van der Waals surface area contributed by atoms with Crippen molar-refractivity contribution in [3.8, 4) is 55.6 Å². The second-order valence-electron chi connectivity index (χ2n) is 16.8. The van der Waals surface area contributed by atoms with Crippen LogP contribution < -0.4 is 4.90 Å². The normalized spacial score (nSPS) is 14.2. The zero-order chi connectivity index (χ0) is 39.3. The monoisotopic (exact) mass is 751 g/mol. The molecule has 0 saturated carbocycles. The minimum atomic E-state index is -0.432. The minimum absolute atomic E-state index is 0.101. The Labute approximate surface area is 346 Å². The molecule has 0 heterocycles. The molecule has 3 aliphatic rings. The number of rotatable bonds is 5. The Kier molecular flexibility index (Phi) is 7.26. The molecule has 1 heteroatoms. The third-order valence-corrected chi connectivity index (χ3v) is 13.5. The van der Waals surface area contributed by atoms with Gasteiger partial charge in [-0.25, -0.2) is 0 Å². The summed E-state index contributed by atoms with van der Waals surface area (Å²) in [5.41, 5.74) is 23.7. The van der Waals surface area contributed by atoms with Crippen LogP contribution in [0.2, 0.25) is 0 Å². The first-order chi connectivity index (χ1) is 29.0. The van der Waals surface area contributed by atoms with Gasteiger partial charge in [-0.2, -0.15) is 0 Å². The molecule has 59 heavy (non-hydrogen) atoms. The largest absolute Gasteiger partial charge is 0.309 e. The van der Waals surface area contributed by atoms with Gasteiger partial charge in [0.1, 0.15) is 0 Å². The molecule has 0 radical (unpaired) electrons. The Balaban J connectivity index is 1.12. The summed E-state index contributed by atoms with van der Waals surface area (Å²) in [6.45, 7) is 4.74. The van der Waals surface area contributed by atoms with Crippen LogP contribution >= 0.6 is 0 Å². The number of nitrogens with zero attached hydrogens (tertiary/aromatic N) is 1. The van der Waals surface area contributed by atoms with E-state index in [4.69, 9.17) is 0 Å². The van der Waals surface area contributed by atoms with E-state index < -0.39 is 5.41 Å². The number of fused-ring (bicyclic) bond motifs is 13. The van der Waals surface area contributed by atoms with Crippen LogP contribution in [0.4, 0.5) is 17.1 Å². The molecule has 1 nitrogen and oxygen atoms in total. The maximum absolute atomic E-state index is 2.53. The highest BCUT2D eigenvalue weighted by atomic mass is 15.1. The van der Waals surface area contributed by atoms with Crippen LogP contribution in [-0.4, -0.2) is 0 Å². The van der Waals surface area contributed by atoms with Crippen LogP contribution in [0, 0.1) is 0 Å². The Morgan fingerprint density at radius 2 is 0.763 bits per heavy atom. The summed E-state index contributed by atoms with van der Waals surface area (Å²) in [6, 6.07) is 79.2. The van der Waals surface area contributed by atoms with Crippen LogP contribution in [0.5, 0.6) is 0 Å². The molecule has 3 aliphatic carbocycles. The first kappa shape index (κ1) is 33.9. The first-order valence-corrected chi connectivity index (χ1v) is 20.8. The summed E-state index contributed by atoms with van der Waals surface area (Å²) in [5.74, 6) is 0. The third-order valence-electron chi connectivity index (χ3n) is 13.5. The molecule has 9 aromatic carbocycles. The van der Waals surface area contributed by atoms with Gasteiger partial charge in [-0.15, -0.1) is 0 Å². The minimum Gasteiger partial charge on any atom is -0.309 e. The van der Waals surface area contributed by atoms with Crippen molar-refractivity contribution >= 4 is 17.1 Å². The van der Waals surface area contributed by atoms with Crippen molar-refractivity contribution in [1.29, 1.82) is 0 Å². The van der Waals surface area contributed by atoms with Gasteiger partial charge in [0.05, 0.1) is 16.8 Å². The number of anilines is 3. The average Bonchev–Trinajstić information content (AvgIpc) is 3.86. The van der Waals surface area contributed by atoms with E-state index in [2.05, 4.69) is 231 Å². The van der Waals surface area contributed by atoms with Crippen molar-refractivity contribution in [2.45, 2.75) is 24.7 Å². The van der Waals surface area contributed by atoms with E-state index in [1.807, 2.05) is 0 Å². The molecule has 0 N–H and O–H groups in total. The summed E-state index contributed by atoms with van der Waals surface area (Å²) in [6.07, 6.45) is 0. The molecule has 0 aliphatic heterocycles. The summed E-state index contributed by atoms with van der Waals surface area (Å²) in [4.78, 5) is 2.53. The number of benzene rings is 9. The fourth-order valence-corrected chi connectivity index (χ4v) is 10.9. The fourth-order valence-electron chi connectivity index (χ4n) is 10.9. The molecular weight excluding hydrogens is 711 g/mol. The molecule has 0 saturated heterocycles. The Bertz CT molecular complexity index is 3090. The van der Waals surface area contributed by atoms with E-state index in [0.29, 0.717) is 0 Å². The molecule has 1 spiro atoms. The predicted molar refractivity (Wildman–Crippen MR) is 246 cm³/mol. The van der Waals surface area contributed by atoms with Gasteiger partial charge in [-0.05, 0) is 108 Å². The van der Waals surface area contributed by atoms with Crippen LogP contribution in [0.3, 0.4) is 0 Å². The highest BCUT2D eigenvalue weighted by molar-refractivity contribution is 6.02. The van der Waals surface area contributed by atoms with Gasteiger partial charge in [-0.1, -0.05) is 196 Å². The van der Waals surface area contributed by atoms with Crippen molar-refractivity contribution < 1.29 is 0 Å². The van der Waals surface area contributed by atoms with Crippen LogP contribution in [-0.2, 0) is 10.8 Å². The SMILES string of the molecule is CC1(C)c2ccccc2-c2ccc(-c3ccccc3N(c3ccc(-c4ccccc4)cc3)c3cccc4c3-c3ccccc3C43c4ccccc4-c4ccccc43)cc21. The molecule has 0 amide bonds. The zero-order valence-electron chi connectivity index (χ0n) is 33.2.